The molecule has 0 aromatic heterocycles. The van der Waals surface area contributed by atoms with Crippen LogP contribution in [0.5, 0.6) is 0 Å². The van der Waals surface area contributed by atoms with E-state index in [1.165, 1.54) is 19.9 Å². The second-order valence-electron chi connectivity index (χ2n) is 5.16. The van der Waals surface area contributed by atoms with E-state index in [0.717, 1.165) is 5.92 Å². The fraction of sp³-hybridized carbons (Fsp3) is 0.882. The zero-order valence-corrected chi connectivity index (χ0v) is 16.2. The quantitative estimate of drug-likeness (QED) is 0.823. The maximum absolute atomic E-state index is 10.8. The molecule has 0 fully saturated rings. The Labute approximate surface area is 135 Å². The van der Waals surface area contributed by atoms with Crippen LogP contribution >= 0.6 is 0 Å². The van der Waals surface area contributed by atoms with Crippen LogP contribution in [0.2, 0.25) is 0 Å². The molecular formula is C17H44N2O2. The number of nitrogens with two attached hydrogens (primary N) is 1. The van der Waals surface area contributed by atoms with Crippen molar-refractivity contribution in [1.29, 1.82) is 0 Å². The summed E-state index contributed by atoms with van der Waals surface area (Å²) in [5.41, 5.74) is 4.50. The first-order valence-corrected chi connectivity index (χ1v) is 7.86. The Balaban J connectivity index is -0.0000000422. The molecule has 0 aromatic rings. The predicted octanol–water partition coefficient (Wildman–Crippen LogP) is 4.13. The molecule has 0 radical (unpaired) electrons. The average Bonchev–Trinajstić information content (AvgIpc) is 2.50. The van der Waals surface area contributed by atoms with Gasteiger partial charge in [-0.25, -0.2) is 0 Å². The van der Waals surface area contributed by atoms with E-state index in [4.69, 9.17) is 4.79 Å². The topological polar surface area (TPSA) is 72.2 Å². The largest absolute Gasteiger partial charge is 0.359 e. The first-order chi connectivity index (χ1) is 9.78. The molecule has 134 valence electrons. The van der Waals surface area contributed by atoms with Crippen LogP contribution in [0.25, 0.3) is 0 Å². The second kappa shape index (κ2) is 31.5. The number of carbonyl (C=O) groups excluding carboxylic acids is 2. The van der Waals surface area contributed by atoms with Crippen molar-refractivity contribution in [3.8, 4) is 0 Å². The van der Waals surface area contributed by atoms with Crippen molar-refractivity contribution in [2.24, 2.45) is 23.5 Å². The Bertz CT molecular complexity index is 178. The van der Waals surface area contributed by atoms with E-state index in [2.05, 4.69) is 45.7 Å². The second-order valence-corrected chi connectivity index (χ2v) is 5.16. The number of amides is 1. The summed E-state index contributed by atoms with van der Waals surface area (Å²) < 4.78 is 0. The molecule has 0 unspecified atom stereocenters. The van der Waals surface area contributed by atoms with E-state index in [0.29, 0.717) is 5.92 Å². The van der Waals surface area contributed by atoms with Gasteiger partial charge in [-0.05, 0) is 18.9 Å². The highest BCUT2D eigenvalue weighted by Crippen LogP contribution is 2.08. The van der Waals surface area contributed by atoms with Gasteiger partial charge in [0.2, 0.25) is 5.91 Å². The van der Waals surface area contributed by atoms with Crippen molar-refractivity contribution < 1.29 is 11.0 Å². The molecule has 0 saturated carbocycles. The van der Waals surface area contributed by atoms with E-state index in [9.17, 15) is 4.79 Å². The van der Waals surface area contributed by atoms with Crippen LogP contribution in [-0.4, -0.2) is 26.8 Å². The van der Waals surface area contributed by atoms with Crippen LogP contribution in [0.15, 0.2) is 0 Å². The smallest absolute Gasteiger partial charge is 0.222 e. The van der Waals surface area contributed by atoms with Gasteiger partial charge in [0.05, 0.1) is 0 Å². The lowest BCUT2D eigenvalue weighted by atomic mass is 9.98. The molecule has 0 aliphatic carbocycles. The summed E-state index contributed by atoms with van der Waals surface area (Å²) >= 11 is 0. The standard InChI is InChI=1S/C7H15NO.C5H12.C3H8.CH5N.CH2O.H2/c1-5(2)6(3)7(9)8-4;1-4-5(2)3;1-3-2;2*1-2;/h5-6H,1-4H3,(H,8,9);5H,4H2,1-3H3;3H2,1-2H3;2H2,1H3;1H2;1H/t6-;;;;;/m0...../s1. The van der Waals surface area contributed by atoms with Crippen LogP contribution in [0.4, 0.5) is 0 Å². The van der Waals surface area contributed by atoms with Crippen molar-refractivity contribution in [3.63, 3.8) is 0 Å². The summed E-state index contributed by atoms with van der Waals surface area (Å²) in [7, 11) is 3.17. The van der Waals surface area contributed by atoms with Gasteiger partial charge in [-0.3, -0.25) is 4.79 Å². The zero-order chi connectivity index (χ0) is 18.4. The van der Waals surface area contributed by atoms with Gasteiger partial charge < -0.3 is 15.8 Å². The molecule has 21 heavy (non-hydrogen) atoms. The molecule has 0 aromatic carbocycles. The number of hydrogen-bond acceptors (Lipinski definition) is 3. The van der Waals surface area contributed by atoms with Crippen LogP contribution in [0.1, 0.15) is 69.7 Å². The Hall–Kier alpha value is -0.900. The molecule has 1 atom stereocenters. The fourth-order valence-corrected chi connectivity index (χ4v) is 0.530. The highest BCUT2D eigenvalue weighted by Gasteiger charge is 2.13. The molecule has 0 spiro atoms. The number of carbonyl (C=O) groups is 2. The SMILES string of the molecule is C=O.CCC.CCC(C)C.CN.CNC(=O)[C@@H](C)C(C)C.[HH]. The molecule has 0 saturated heterocycles. The summed E-state index contributed by atoms with van der Waals surface area (Å²) in [6, 6.07) is 0. The minimum atomic E-state index is 0. The number of nitrogens with one attached hydrogen (secondary N) is 1. The third-order valence-electron chi connectivity index (χ3n) is 2.48. The average molecular weight is 309 g/mol. The molecule has 0 aliphatic heterocycles. The lowest BCUT2D eigenvalue weighted by Gasteiger charge is -2.12. The van der Waals surface area contributed by atoms with Crippen molar-refractivity contribution in [1.82, 2.24) is 5.32 Å². The Morgan fingerprint density at radius 2 is 1.29 bits per heavy atom. The summed E-state index contributed by atoms with van der Waals surface area (Å²) in [5.74, 6) is 1.58. The van der Waals surface area contributed by atoms with E-state index in [-0.39, 0.29) is 13.3 Å². The first-order valence-electron chi connectivity index (χ1n) is 7.86. The lowest BCUT2D eigenvalue weighted by Crippen LogP contribution is -2.28. The highest BCUT2D eigenvalue weighted by atomic mass is 16.1. The van der Waals surface area contributed by atoms with Crippen LogP contribution in [0.3, 0.4) is 0 Å². The van der Waals surface area contributed by atoms with Crippen LogP contribution in [0, 0.1) is 17.8 Å². The number of hydrogen-bond donors (Lipinski definition) is 2. The first kappa shape index (κ1) is 32.2. The Morgan fingerprint density at radius 1 is 1.05 bits per heavy atom. The minimum Gasteiger partial charge on any atom is -0.359 e. The normalized spacial score (nSPS) is 9.38. The van der Waals surface area contributed by atoms with Crippen molar-refractivity contribution in [2.75, 3.05) is 14.1 Å². The van der Waals surface area contributed by atoms with Gasteiger partial charge in [-0.2, -0.15) is 0 Å². The highest BCUT2D eigenvalue weighted by molar-refractivity contribution is 5.78. The molecule has 0 aliphatic rings. The van der Waals surface area contributed by atoms with E-state index < -0.39 is 0 Å². The molecule has 0 bridgehead atoms. The number of rotatable bonds is 3. The Kier molecular flexibility index (Phi) is 48.2. The molecule has 4 heteroatoms. The Morgan fingerprint density at radius 3 is 1.33 bits per heavy atom. The summed E-state index contributed by atoms with van der Waals surface area (Å²) in [4.78, 5) is 18.8. The molecule has 3 N–H and O–H groups in total. The fourth-order valence-electron chi connectivity index (χ4n) is 0.530. The molecule has 0 heterocycles. The van der Waals surface area contributed by atoms with E-state index in [1.807, 2.05) is 27.6 Å². The maximum Gasteiger partial charge on any atom is 0.222 e. The van der Waals surface area contributed by atoms with Crippen LogP contribution < -0.4 is 11.1 Å². The van der Waals surface area contributed by atoms with Gasteiger partial charge in [-0.1, -0.05) is 68.2 Å². The van der Waals surface area contributed by atoms with Crippen molar-refractivity contribution >= 4 is 12.7 Å². The van der Waals surface area contributed by atoms with Gasteiger partial charge >= 0.3 is 0 Å². The van der Waals surface area contributed by atoms with Gasteiger partial charge in [-0.15, -0.1) is 0 Å². The van der Waals surface area contributed by atoms with Crippen molar-refractivity contribution in [3.05, 3.63) is 0 Å². The van der Waals surface area contributed by atoms with Gasteiger partial charge in [0.25, 0.3) is 0 Å². The summed E-state index contributed by atoms with van der Waals surface area (Å²) in [5, 5.41) is 2.61. The van der Waals surface area contributed by atoms with Gasteiger partial charge in [0.1, 0.15) is 6.79 Å². The maximum atomic E-state index is 10.8. The van der Waals surface area contributed by atoms with Gasteiger partial charge in [0, 0.05) is 14.4 Å². The lowest BCUT2D eigenvalue weighted by molar-refractivity contribution is -0.125. The summed E-state index contributed by atoms with van der Waals surface area (Å²) in [6.45, 7) is 18.9. The van der Waals surface area contributed by atoms with E-state index in [1.54, 1.807) is 7.05 Å². The van der Waals surface area contributed by atoms with Crippen molar-refractivity contribution in [2.45, 2.75) is 68.2 Å². The third kappa shape index (κ3) is 45.3. The molecule has 4 nitrogen and oxygen atoms in total. The molecule has 0 rings (SSSR count). The third-order valence-corrected chi connectivity index (χ3v) is 2.48. The molecular weight excluding hydrogens is 264 g/mol. The van der Waals surface area contributed by atoms with E-state index >= 15 is 0 Å². The van der Waals surface area contributed by atoms with Crippen LogP contribution in [-0.2, 0) is 9.59 Å². The minimum absolute atomic E-state index is 0. The molecule has 1 amide bonds. The van der Waals surface area contributed by atoms with Gasteiger partial charge in [0.15, 0.2) is 0 Å². The zero-order valence-electron chi connectivity index (χ0n) is 16.2. The monoisotopic (exact) mass is 308 g/mol. The summed E-state index contributed by atoms with van der Waals surface area (Å²) in [6.07, 6.45) is 2.56. The predicted molar refractivity (Wildman–Crippen MR) is 98.5 cm³/mol.